The fourth-order valence-electron chi connectivity index (χ4n) is 3.50. The molecule has 3 unspecified atom stereocenters. The highest BCUT2D eigenvalue weighted by atomic mass is 16.5. The molecule has 1 saturated carbocycles. The topological polar surface area (TPSA) is 26.3 Å². The van der Waals surface area contributed by atoms with E-state index in [4.69, 9.17) is 4.74 Å². The maximum Gasteiger partial charge on any atom is 0.338 e. The molecule has 2 aromatic carbocycles. The molecular weight excluding hydrogens is 272 g/mol. The summed E-state index contributed by atoms with van der Waals surface area (Å²) in [6.07, 6.45) is 6.64. The lowest BCUT2D eigenvalue weighted by molar-refractivity contribution is 0.0242. The molecule has 2 heteroatoms. The number of rotatable bonds is 3. The van der Waals surface area contributed by atoms with Crippen LogP contribution >= 0.6 is 0 Å². The van der Waals surface area contributed by atoms with Crippen LogP contribution in [0.15, 0.2) is 66.7 Å². The van der Waals surface area contributed by atoms with Gasteiger partial charge in [0, 0.05) is 5.92 Å². The summed E-state index contributed by atoms with van der Waals surface area (Å²) in [5, 5.41) is 0. The average Bonchev–Trinajstić information content (AvgIpc) is 3.19. The van der Waals surface area contributed by atoms with Crippen LogP contribution in [0.4, 0.5) is 0 Å². The van der Waals surface area contributed by atoms with E-state index in [0.717, 1.165) is 24.0 Å². The Labute approximate surface area is 130 Å². The van der Waals surface area contributed by atoms with Gasteiger partial charge in [0.1, 0.15) is 6.10 Å². The lowest BCUT2D eigenvalue weighted by Gasteiger charge is -2.18. The second kappa shape index (κ2) is 5.45. The van der Waals surface area contributed by atoms with Gasteiger partial charge in [-0.15, -0.1) is 0 Å². The molecule has 4 rings (SSSR count). The van der Waals surface area contributed by atoms with E-state index >= 15 is 0 Å². The smallest absolute Gasteiger partial charge is 0.338 e. The van der Waals surface area contributed by atoms with E-state index in [1.165, 1.54) is 0 Å². The van der Waals surface area contributed by atoms with Crippen LogP contribution in [-0.2, 0) is 4.74 Å². The van der Waals surface area contributed by atoms with Gasteiger partial charge in [0.15, 0.2) is 0 Å². The van der Waals surface area contributed by atoms with Crippen LogP contribution in [0.2, 0.25) is 0 Å². The molecule has 2 nitrogen and oxygen atoms in total. The lowest BCUT2D eigenvalue weighted by Crippen LogP contribution is -2.22. The minimum atomic E-state index is -0.203. The summed E-state index contributed by atoms with van der Waals surface area (Å²) in [5.74, 6) is 0.839. The molecule has 2 bridgehead atoms. The predicted octanol–water partition coefficient (Wildman–Crippen LogP) is 4.48. The number of hydrogen-bond donors (Lipinski definition) is 0. The van der Waals surface area contributed by atoms with Crippen LogP contribution < -0.4 is 0 Å². The van der Waals surface area contributed by atoms with Crippen LogP contribution in [0, 0.1) is 11.8 Å². The van der Waals surface area contributed by atoms with E-state index < -0.39 is 0 Å². The summed E-state index contributed by atoms with van der Waals surface area (Å²) in [4.78, 5) is 12.3. The first-order valence-corrected chi connectivity index (χ1v) is 7.84. The van der Waals surface area contributed by atoms with E-state index in [1.807, 2.05) is 42.5 Å². The van der Waals surface area contributed by atoms with Gasteiger partial charge in [-0.3, -0.25) is 0 Å². The van der Waals surface area contributed by atoms with Crippen LogP contribution in [0.5, 0.6) is 0 Å². The number of ether oxygens (including phenoxy) is 1. The van der Waals surface area contributed by atoms with Crippen molar-refractivity contribution in [1.82, 2.24) is 0 Å². The average molecular weight is 290 g/mol. The third-order valence-corrected chi connectivity index (χ3v) is 4.70. The monoisotopic (exact) mass is 290 g/mol. The fraction of sp³-hybridized carbons (Fsp3) is 0.250. The van der Waals surface area contributed by atoms with Crippen molar-refractivity contribution in [3.05, 3.63) is 72.3 Å². The molecule has 0 aliphatic heterocycles. The van der Waals surface area contributed by atoms with E-state index in [2.05, 4.69) is 24.3 Å². The second-order valence-corrected chi connectivity index (χ2v) is 6.17. The zero-order valence-electron chi connectivity index (χ0n) is 12.3. The number of benzene rings is 2. The number of esters is 1. The molecule has 0 radical (unpaired) electrons. The van der Waals surface area contributed by atoms with Crippen molar-refractivity contribution >= 4 is 5.97 Å². The fourth-order valence-corrected chi connectivity index (χ4v) is 3.50. The normalized spacial score (nSPS) is 25.4. The van der Waals surface area contributed by atoms with Crippen LogP contribution in [-0.4, -0.2) is 12.1 Å². The number of hydrogen-bond acceptors (Lipinski definition) is 2. The lowest BCUT2D eigenvalue weighted by atomic mass is 10.0. The maximum absolute atomic E-state index is 12.3. The molecule has 22 heavy (non-hydrogen) atoms. The minimum Gasteiger partial charge on any atom is -0.458 e. The van der Waals surface area contributed by atoms with Crippen molar-refractivity contribution in [2.75, 3.05) is 0 Å². The van der Waals surface area contributed by atoms with Gasteiger partial charge in [0.25, 0.3) is 0 Å². The SMILES string of the molecule is O=C(OC1CC2C=CC1C2)c1ccc(-c2ccccc2)cc1. The first-order chi connectivity index (χ1) is 10.8. The van der Waals surface area contributed by atoms with E-state index in [-0.39, 0.29) is 12.1 Å². The molecule has 0 saturated heterocycles. The number of carbonyl (C=O) groups excluding carboxylic acids is 1. The third kappa shape index (κ3) is 2.45. The van der Waals surface area contributed by atoms with Gasteiger partial charge in [-0.05, 0) is 42.0 Å². The molecule has 0 amide bonds. The molecule has 1 fully saturated rings. The minimum absolute atomic E-state index is 0.0660. The maximum atomic E-state index is 12.3. The summed E-state index contributed by atoms with van der Waals surface area (Å²) in [6, 6.07) is 17.8. The van der Waals surface area contributed by atoms with Gasteiger partial charge in [0.05, 0.1) is 5.56 Å². The Bertz CT molecular complexity index is 700. The van der Waals surface area contributed by atoms with Crippen LogP contribution in [0.3, 0.4) is 0 Å². The van der Waals surface area contributed by atoms with Crippen LogP contribution in [0.1, 0.15) is 23.2 Å². The van der Waals surface area contributed by atoms with E-state index in [1.54, 1.807) is 0 Å². The van der Waals surface area contributed by atoms with Gasteiger partial charge in [-0.2, -0.15) is 0 Å². The summed E-state index contributed by atoms with van der Waals surface area (Å²) in [7, 11) is 0. The molecule has 0 spiro atoms. The zero-order valence-corrected chi connectivity index (χ0v) is 12.3. The molecule has 2 aliphatic carbocycles. The summed E-state index contributed by atoms with van der Waals surface area (Å²) < 4.78 is 5.69. The Kier molecular flexibility index (Phi) is 3.30. The highest BCUT2D eigenvalue weighted by Crippen LogP contribution is 2.40. The zero-order chi connectivity index (χ0) is 14.9. The highest BCUT2D eigenvalue weighted by molar-refractivity contribution is 5.90. The van der Waals surface area contributed by atoms with Crippen molar-refractivity contribution in [2.45, 2.75) is 18.9 Å². The molecule has 2 aromatic rings. The van der Waals surface area contributed by atoms with Gasteiger partial charge in [-0.1, -0.05) is 54.6 Å². The van der Waals surface area contributed by atoms with Gasteiger partial charge < -0.3 is 4.74 Å². The third-order valence-electron chi connectivity index (χ3n) is 4.70. The van der Waals surface area contributed by atoms with Crippen molar-refractivity contribution in [3.8, 4) is 11.1 Å². The van der Waals surface area contributed by atoms with E-state index in [0.29, 0.717) is 17.4 Å². The Morgan fingerprint density at radius 2 is 1.59 bits per heavy atom. The Morgan fingerprint density at radius 1 is 0.864 bits per heavy atom. The molecular formula is C20H18O2. The predicted molar refractivity (Wildman–Crippen MR) is 86.4 cm³/mol. The first kappa shape index (κ1) is 13.3. The quantitative estimate of drug-likeness (QED) is 0.615. The molecule has 2 aliphatic rings. The Hall–Kier alpha value is -2.35. The van der Waals surface area contributed by atoms with E-state index in [9.17, 15) is 4.79 Å². The highest BCUT2D eigenvalue weighted by Gasteiger charge is 2.38. The summed E-state index contributed by atoms with van der Waals surface area (Å²) in [6.45, 7) is 0. The first-order valence-electron chi connectivity index (χ1n) is 7.84. The molecule has 0 heterocycles. The van der Waals surface area contributed by atoms with Crippen molar-refractivity contribution in [1.29, 1.82) is 0 Å². The number of fused-ring (bicyclic) bond motifs is 2. The summed E-state index contributed by atoms with van der Waals surface area (Å²) >= 11 is 0. The number of carbonyl (C=O) groups is 1. The Balaban J connectivity index is 1.46. The van der Waals surface area contributed by atoms with Gasteiger partial charge >= 0.3 is 5.97 Å². The standard InChI is InChI=1S/C20H18O2/c21-20(22-19-13-14-6-7-18(19)12-14)17-10-8-16(9-11-17)15-4-2-1-3-5-15/h1-11,14,18-19H,12-13H2. The summed E-state index contributed by atoms with van der Waals surface area (Å²) in [5.41, 5.74) is 2.90. The molecule has 110 valence electrons. The number of allylic oxidation sites excluding steroid dienone is 1. The van der Waals surface area contributed by atoms with Crippen molar-refractivity contribution in [3.63, 3.8) is 0 Å². The van der Waals surface area contributed by atoms with Gasteiger partial charge in [-0.25, -0.2) is 4.79 Å². The Morgan fingerprint density at radius 3 is 2.23 bits per heavy atom. The molecule has 3 atom stereocenters. The van der Waals surface area contributed by atoms with Gasteiger partial charge in [0.2, 0.25) is 0 Å². The van der Waals surface area contributed by atoms with Crippen molar-refractivity contribution < 1.29 is 9.53 Å². The van der Waals surface area contributed by atoms with Crippen molar-refractivity contribution in [2.24, 2.45) is 11.8 Å². The largest absolute Gasteiger partial charge is 0.458 e. The molecule has 0 N–H and O–H groups in total. The van der Waals surface area contributed by atoms with Crippen LogP contribution in [0.25, 0.3) is 11.1 Å². The molecule has 0 aromatic heterocycles. The second-order valence-electron chi connectivity index (χ2n) is 6.17.